The number of amides is 2. The minimum atomic E-state index is -0.352. The summed E-state index contributed by atoms with van der Waals surface area (Å²) in [4.78, 5) is 25.4. The number of hydrogen-bond donors (Lipinski definition) is 2. The van der Waals surface area contributed by atoms with E-state index in [1.54, 1.807) is 43.5 Å². The van der Waals surface area contributed by atoms with Gasteiger partial charge in [0.05, 0.1) is 18.9 Å². The van der Waals surface area contributed by atoms with Crippen molar-refractivity contribution in [2.24, 2.45) is 5.92 Å². The number of benzene rings is 2. The van der Waals surface area contributed by atoms with E-state index in [0.29, 0.717) is 39.5 Å². The third-order valence-corrected chi connectivity index (χ3v) is 6.65. The largest absolute Gasteiger partial charge is 0.497 e. The van der Waals surface area contributed by atoms with E-state index in [2.05, 4.69) is 20.8 Å². The second-order valence-corrected chi connectivity index (χ2v) is 9.68. The van der Waals surface area contributed by atoms with Crippen molar-refractivity contribution < 1.29 is 14.3 Å². The van der Waals surface area contributed by atoms with Gasteiger partial charge in [0, 0.05) is 22.8 Å². The van der Waals surface area contributed by atoms with Crippen LogP contribution in [0.25, 0.3) is 0 Å². The lowest BCUT2D eigenvalue weighted by Gasteiger charge is -2.22. The number of aromatic nitrogens is 3. The average molecular weight is 516 g/mol. The standard InChI is InChI=1S/C25H30ClN5O3S/c1-6-31-23(22(15(2)3)28-24(33)17-8-11-19(34-5)12-9-17)29-30-25(31)35-14-21(32)27-20-13-18(26)10-7-16(20)4/h7-13,15,22H,6,14H2,1-5H3,(H,27,32)(H,28,33)/t22-/m0/s1. The Morgan fingerprint density at radius 1 is 1.14 bits per heavy atom. The molecule has 0 radical (unpaired) electrons. The Hall–Kier alpha value is -3.04. The van der Waals surface area contributed by atoms with Crippen molar-refractivity contribution in [1.82, 2.24) is 20.1 Å². The summed E-state index contributed by atoms with van der Waals surface area (Å²) in [6.07, 6.45) is 0. The number of nitrogens with zero attached hydrogens (tertiary/aromatic N) is 3. The summed E-state index contributed by atoms with van der Waals surface area (Å²) in [7, 11) is 1.58. The molecule has 0 spiro atoms. The molecule has 3 rings (SSSR count). The van der Waals surface area contributed by atoms with Crippen molar-refractivity contribution in [2.75, 3.05) is 18.2 Å². The molecule has 0 bridgehead atoms. The van der Waals surface area contributed by atoms with E-state index in [1.165, 1.54) is 11.8 Å². The van der Waals surface area contributed by atoms with Crippen molar-refractivity contribution in [3.63, 3.8) is 0 Å². The fourth-order valence-electron chi connectivity index (χ4n) is 3.48. The van der Waals surface area contributed by atoms with Gasteiger partial charge >= 0.3 is 0 Å². The number of rotatable bonds is 10. The van der Waals surface area contributed by atoms with E-state index >= 15 is 0 Å². The number of aryl methyl sites for hydroxylation is 1. The minimum Gasteiger partial charge on any atom is -0.497 e. The van der Waals surface area contributed by atoms with Crippen LogP contribution in [0.3, 0.4) is 0 Å². The molecule has 186 valence electrons. The number of ether oxygens (including phenoxy) is 1. The topological polar surface area (TPSA) is 98.1 Å². The SMILES string of the molecule is CCn1c(SCC(=O)Nc2cc(Cl)ccc2C)nnc1[C@@H](NC(=O)c1ccc(OC)cc1)C(C)C. The van der Waals surface area contributed by atoms with Crippen molar-refractivity contribution in [3.05, 3.63) is 64.4 Å². The van der Waals surface area contributed by atoms with Crippen LogP contribution in [0, 0.1) is 12.8 Å². The number of carbonyl (C=O) groups is 2. The van der Waals surface area contributed by atoms with Gasteiger partial charge in [0.2, 0.25) is 5.91 Å². The molecule has 0 saturated carbocycles. The molecule has 8 nitrogen and oxygen atoms in total. The molecule has 0 saturated heterocycles. The first-order valence-electron chi connectivity index (χ1n) is 11.3. The molecule has 1 atom stereocenters. The lowest BCUT2D eigenvalue weighted by atomic mass is 10.0. The molecule has 0 fully saturated rings. The summed E-state index contributed by atoms with van der Waals surface area (Å²) >= 11 is 7.34. The zero-order valence-corrected chi connectivity index (χ0v) is 22.0. The summed E-state index contributed by atoms with van der Waals surface area (Å²) in [6.45, 7) is 8.52. The maximum Gasteiger partial charge on any atom is 0.251 e. The number of halogens is 1. The Balaban J connectivity index is 1.71. The summed E-state index contributed by atoms with van der Waals surface area (Å²) in [5, 5.41) is 15.8. The number of hydrogen-bond acceptors (Lipinski definition) is 6. The molecule has 0 unspecified atom stereocenters. The second-order valence-electron chi connectivity index (χ2n) is 8.30. The van der Waals surface area contributed by atoms with Crippen molar-refractivity contribution in [1.29, 1.82) is 0 Å². The Morgan fingerprint density at radius 2 is 1.86 bits per heavy atom. The molecule has 0 aliphatic heterocycles. The van der Waals surface area contributed by atoms with Crippen molar-refractivity contribution in [2.45, 2.75) is 45.4 Å². The molecule has 1 aromatic heterocycles. The van der Waals surface area contributed by atoms with Gasteiger partial charge in [-0.2, -0.15) is 0 Å². The summed E-state index contributed by atoms with van der Waals surface area (Å²) in [5.74, 6) is 1.19. The molecule has 35 heavy (non-hydrogen) atoms. The molecule has 0 aliphatic carbocycles. The smallest absolute Gasteiger partial charge is 0.251 e. The molecule has 0 aliphatic rings. The van der Waals surface area contributed by atoms with E-state index < -0.39 is 0 Å². The van der Waals surface area contributed by atoms with Crippen LogP contribution >= 0.6 is 23.4 Å². The first kappa shape index (κ1) is 26.6. The van der Waals surface area contributed by atoms with Crippen molar-refractivity contribution in [3.8, 4) is 5.75 Å². The Morgan fingerprint density at radius 3 is 2.49 bits per heavy atom. The molecule has 2 aromatic carbocycles. The van der Waals surface area contributed by atoms with Crippen LogP contribution < -0.4 is 15.4 Å². The quantitative estimate of drug-likeness (QED) is 0.363. The van der Waals surface area contributed by atoms with Gasteiger partial charge in [-0.3, -0.25) is 9.59 Å². The number of nitrogens with one attached hydrogen (secondary N) is 2. The van der Waals surface area contributed by atoms with Crippen LogP contribution in [-0.2, 0) is 11.3 Å². The molecule has 1 heterocycles. The van der Waals surface area contributed by atoms with Gasteiger partial charge in [0.15, 0.2) is 11.0 Å². The predicted octanol–water partition coefficient (Wildman–Crippen LogP) is 5.13. The van der Waals surface area contributed by atoms with E-state index in [9.17, 15) is 9.59 Å². The molecule has 10 heteroatoms. The van der Waals surface area contributed by atoms with Crippen LogP contribution in [0.15, 0.2) is 47.6 Å². The number of anilines is 1. The first-order valence-corrected chi connectivity index (χ1v) is 12.7. The van der Waals surface area contributed by atoms with E-state index in [4.69, 9.17) is 16.3 Å². The molecule has 2 N–H and O–H groups in total. The monoisotopic (exact) mass is 515 g/mol. The highest BCUT2D eigenvalue weighted by Crippen LogP contribution is 2.26. The van der Waals surface area contributed by atoms with E-state index in [-0.39, 0.29) is 29.5 Å². The fourth-order valence-corrected chi connectivity index (χ4v) is 4.46. The van der Waals surface area contributed by atoms with Gasteiger partial charge in [-0.05, 0) is 61.7 Å². The van der Waals surface area contributed by atoms with Crippen LogP contribution in [0.1, 0.15) is 48.6 Å². The Kier molecular flexibility index (Phi) is 9.17. The van der Waals surface area contributed by atoms with Gasteiger partial charge < -0.3 is 19.9 Å². The second kappa shape index (κ2) is 12.1. The predicted molar refractivity (Wildman–Crippen MR) is 139 cm³/mol. The average Bonchev–Trinajstić information content (AvgIpc) is 3.25. The van der Waals surface area contributed by atoms with Crippen molar-refractivity contribution >= 4 is 40.9 Å². The summed E-state index contributed by atoms with van der Waals surface area (Å²) < 4.78 is 7.10. The van der Waals surface area contributed by atoms with Gasteiger partial charge in [0.1, 0.15) is 5.75 Å². The van der Waals surface area contributed by atoms with Gasteiger partial charge in [-0.1, -0.05) is 43.3 Å². The van der Waals surface area contributed by atoms with Gasteiger partial charge in [-0.15, -0.1) is 10.2 Å². The fraction of sp³-hybridized carbons (Fsp3) is 0.360. The highest BCUT2D eigenvalue weighted by atomic mass is 35.5. The summed E-state index contributed by atoms with van der Waals surface area (Å²) in [6, 6.07) is 12.0. The van der Waals surface area contributed by atoms with Crippen LogP contribution in [-0.4, -0.2) is 39.4 Å². The van der Waals surface area contributed by atoms with Gasteiger partial charge in [-0.25, -0.2) is 0 Å². The molecular formula is C25H30ClN5O3S. The minimum absolute atomic E-state index is 0.0682. The molecule has 2 amide bonds. The number of methoxy groups -OCH3 is 1. The van der Waals surface area contributed by atoms with Gasteiger partial charge in [0.25, 0.3) is 5.91 Å². The molecule has 3 aromatic rings. The zero-order chi connectivity index (χ0) is 25.5. The number of carbonyl (C=O) groups excluding carboxylic acids is 2. The maximum absolute atomic E-state index is 12.9. The van der Waals surface area contributed by atoms with E-state index in [1.807, 2.05) is 38.3 Å². The lowest BCUT2D eigenvalue weighted by molar-refractivity contribution is -0.113. The Labute approximate surface area is 214 Å². The third-order valence-electron chi connectivity index (χ3n) is 5.45. The number of thioether (sulfide) groups is 1. The van der Waals surface area contributed by atoms with Crippen LogP contribution in [0.4, 0.5) is 5.69 Å². The van der Waals surface area contributed by atoms with E-state index in [0.717, 1.165) is 5.56 Å². The maximum atomic E-state index is 12.9. The first-order chi connectivity index (χ1) is 16.7. The normalized spacial score (nSPS) is 11.9. The third kappa shape index (κ3) is 6.76. The zero-order valence-electron chi connectivity index (χ0n) is 20.5. The lowest BCUT2D eigenvalue weighted by Crippen LogP contribution is -2.33. The molecular weight excluding hydrogens is 486 g/mol. The van der Waals surface area contributed by atoms with Crippen LogP contribution in [0.2, 0.25) is 5.02 Å². The summed E-state index contributed by atoms with van der Waals surface area (Å²) in [5.41, 5.74) is 2.14. The Bertz CT molecular complexity index is 1180. The highest BCUT2D eigenvalue weighted by molar-refractivity contribution is 7.99. The van der Waals surface area contributed by atoms with Crippen LogP contribution in [0.5, 0.6) is 5.75 Å². The highest BCUT2D eigenvalue weighted by Gasteiger charge is 2.26.